The number of likely N-dealkylation sites (tertiary alicyclic amines) is 1. The number of thiazole rings is 1. The number of rotatable bonds is 5. The highest BCUT2D eigenvalue weighted by Gasteiger charge is 2.36. The number of amides is 2. The minimum atomic E-state index is -0.339. The molecule has 0 radical (unpaired) electrons. The van der Waals surface area contributed by atoms with Crippen molar-refractivity contribution in [3.8, 4) is 0 Å². The van der Waals surface area contributed by atoms with Gasteiger partial charge in [0.05, 0.1) is 28.8 Å². The second-order valence-electron chi connectivity index (χ2n) is 5.73. The average molecular weight is 333 g/mol. The molecule has 1 fully saturated rings. The Morgan fingerprint density at radius 3 is 3.04 bits per heavy atom. The van der Waals surface area contributed by atoms with Gasteiger partial charge in [0.15, 0.2) is 5.13 Å². The lowest BCUT2D eigenvalue weighted by molar-refractivity contribution is -0.130. The monoisotopic (exact) mass is 333 g/mol. The molecule has 0 saturated carbocycles. The first-order valence-corrected chi connectivity index (χ1v) is 8.35. The minimum Gasteiger partial charge on any atom is -0.383 e. The fourth-order valence-corrected chi connectivity index (χ4v) is 3.67. The predicted molar refractivity (Wildman–Crippen MR) is 89.4 cm³/mol. The van der Waals surface area contributed by atoms with E-state index in [0.29, 0.717) is 18.3 Å². The first-order chi connectivity index (χ1) is 11.1. The molecular weight excluding hydrogens is 314 g/mol. The summed E-state index contributed by atoms with van der Waals surface area (Å²) in [6.07, 6.45) is 0.241. The SMILES string of the molecule is COC[C@@H](C)N1C[C@@H](C(=O)Nc2nc3ccccc3s2)CC1=O. The van der Waals surface area contributed by atoms with Crippen molar-refractivity contribution in [2.75, 3.05) is 25.6 Å². The molecule has 0 aliphatic carbocycles. The normalized spacial score (nSPS) is 19.3. The van der Waals surface area contributed by atoms with Gasteiger partial charge in [-0.25, -0.2) is 4.98 Å². The zero-order valence-electron chi connectivity index (χ0n) is 13.1. The number of carbonyl (C=O) groups excluding carboxylic acids is 2. The maximum absolute atomic E-state index is 12.4. The lowest BCUT2D eigenvalue weighted by Crippen LogP contribution is -2.38. The summed E-state index contributed by atoms with van der Waals surface area (Å²) < 4.78 is 6.12. The molecule has 1 aliphatic rings. The molecule has 2 amide bonds. The van der Waals surface area contributed by atoms with E-state index in [-0.39, 0.29) is 30.2 Å². The highest BCUT2D eigenvalue weighted by atomic mass is 32.1. The summed E-state index contributed by atoms with van der Waals surface area (Å²) in [6, 6.07) is 7.72. The third-order valence-corrected chi connectivity index (χ3v) is 4.95. The molecule has 1 saturated heterocycles. The van der Waals surface area contributed by atoms with Gasteiger partial charge >= 0.3 is 0 Å². The molecular formula is C16H19N3O3S. The Morgan fingerprint density at radius 1 is 1.52 bits per heavy atom. The number of ether oxygens (including phenoxy) is 1. The molecule has 6 nitrogen and oxygen atoms in total. The highest BCUT2D eigenvalue weighted by molar-refractivity contribution is 7.22. The molecule has 2 heterocycles. The maximum atomic E-state index is 12.4. The first kappa shape index (κ1) is 15.9. The molecule has 1 N–H and O–H groups in total. The van der Waals surface area contributed by atoms with E-state index in [0.717, 1.165) is 10.2 Å². The number of anilines is 1. The molecule has 122 valence electrons. The lowest BCUT2D eigenvalue weighted by Gasteiger charge is -2.23. The van der Waals surface area contributed by atoms with Gasteiger partial charge in [-0.05, 0) is 19.1 Å². The van der Waals surface area contributed by atoms with E-state index in [4.69, 9.17) is 4.74 Å². The number of hydrogen-bond acceptors (Lipinski definition) is 5. The van der Waals surface area contributed by atoms with Crippen LogP contribution in [0.4, 0.5) is 5.13 Å². The Labute approximate surface area is 138 Å². The number of benzene rings is 1. The van der Waals surface area contributed by atoms with Crippen LogP contribution in [0.2, 0.25) is 0 Å². The fraction of sp³-hybridized carbons (Fsp3) is 0.438. The van der Waals surface area contributed by atoms with Gasteiger partial charge in [0.25, 0.3) is 0 Å². The highest BCUT2D eigenvalue weighted by Crippen LogP contribution is 2.27. The van der Waals surface area contributed by atoms with Gasteiger partial charge < -0.3 is 15.0 Å². The minimum absolute atomic E-state index is 0.000926. The van der Waals surface area contributed by atoms with Crippen LogP contribution >= 0.6 is 11.3 Å². The number of aromatic nitrogens is 1. The molecule has 7 heteroatoms. The van der Waals surface area contributed by atoms with Gasteiger partial charge in [0.1, 0.15) is 0 Å². The van der Waals surface area contributed by atoms with Crippen molar-refractivity contribution in [3.63, 3.8) is 0 Å². The molecule has 0 spiro atoms. The van der Waals surface area contributed by atoms with Crippen LogP contribution < -0.4 is 5.32 Å². The molecule has 3 rings (SSSR count). The summed E-state index contributed by atoms with van der Waals surface area (Å²) in [4.78, 5) is 30.6. The Morgan fingerprint density at radius 2 is 2.30 bits per heavy atom. The van der Waals surface area contributed by atoms with E-state index < -0.39 is 0 Å². The second kappa shape index (κ2) is 6.64. The van der Waals surface area contributed by atoms with Crippen molar-refractivity contribution >= 4 is 38.5 Å². The van der Waals surface area contributed by atoms with Crippen molar-refractivity contribution in [2.24, 2.45) is 5.92 Å². The molecule has 2 atom stereocenters. The van der Waals surface area contributed by atoms with Gasteiger partial charge in [0.2, 0.25) is 11.8 Å². The van der Waals surface area contributed by atoms with Crippen LogP contribution in [0.5, 0.6) is 0 Å². The third-order valence-electron chi connectivity index (χ3n) is 3.99. The molecule has 2 aromatic rings. The third kappa shape index (κ3) is 3.35. The Balaban J connectivity index is 1.65. The largest absolute Gasteiger partial charge is 0.383 e. The van der Waals surface area contributed by atoms with Crippen molar-refractivity contribution in [2.45, 2.75) is 19.4 Å². The number of methoxy groups -OCH3 is 1. The zero-order chi connectivity index (χ0) is 16.4. The summed E-state index contributed by atoms with van der Waals surface area (Å²) in [5.41, 5.74) is 0.866. The summed E-state index contributed by atoms with van der Waals surface area (Å²) in [7, 11) is 1.61. The lowest BCUT2D eigenvalue weighted by atomic mass is 10.1. The first-order valence-electron chi connectivity index (χ1n) is 7.53. The van der Waals surface area contributed by atoms with Crippen LogP contribution in [0.15, 0.2) is 24.3 Å². The fourth-order valence-electron chi connectivity index (χ4n) is 2.80. The van der Waals surface area contributed by atoms with E-state index in [1.54, 1.807) is 12.0 Å². The number of nitrogens with zero attached hydrogens (tertiary/aromatic N) is 2. The average Bonchev–Trinajstić information content (AvgIpc) is 3.10. The van der Waals surface area contributed by atoms with E-state index in [1.807, 2.05) is 31.2 Å². The van der Waals surface area contributed by atoms with E-state index in [2.05, 4.69) is 10.3 Å². The predicted octanol–water partition coefficient (Wildman–Crippen LogP) is 2.12. The molecule has 1 aromatic carbocycles. The van der Waals surface area contributed by atoms with Gasteiger partial charge in [-0.1, -0.05) is 23.5 Å². The standard InChI is InChI=1S/C16H19N3O3S/c1-10(9-22-2)19-8-11(7-14(19)20)15(21)18-16-17-12-5-3-4-6-13(12)23-16/h3-6,10-11H,7-9H2,1-2H3,(H,17,18,21)/t10-,11+/m1/s1. The van der Waals surface area contributed by atoms with Crippen molar-refractivity contribution < 1.29 is 14.3 Å². The molecule has 1 aliphatic heterocycles. The summed E-state index contributed by atoms with van der Waals surface area (Å²) in [5, 5.41) is 3.42. The van der Waals surface area contributed by atoms with Crippen LogP contribution in [0, 0.1) is 5.92 Å². The number of carbonyl (C=O) groups is 2. The van der Waals surface area contributed by atoms with E-state index >= 15 is 0 Å². The van der Waals surface area contributed by atoms with Crippen LogP contribution in [-0.2, 0) is 14.3 Å². The van der Waals surface area contributed by atoms with Gasteiger partial charge in [-0.15, -0.1) is 0 Å². The molecule has 1 aromatic heterocycles. The van der Waals surface area contributed by atoms with Crippen molar-refractivity contribution in [3.05, 3.63) is 24.3 Å². The van der Waals surface area contributed by atoms with E-state index in [9.17, 15) is 9.59 Å². The second-order valence-corrected chi connectivity index (χ2v) is 6.76. The molecule has 23 heavy (non-hydrogen) atoms. The van der Waals surface area contributed by atoms with Crippen molar-refractivity contribution in [1.82, 2.24) is 9.88 Å². The Hall–Kier alpha value is -1.99. The Kier molecular flexibility index (Phi) is 4.58. The van der Waals surface area contributed by atoms with Gasteiger partial charge in [-0.3, -0.25) is 9.59 Å². The molecule has 0 unspecified atom stereocenters. The topological polar surface area (TPSA) is 71.5 Å². The van der Waals surface area contributed by atoms with Gasteiger partial charge in [-0.2, -0.15) is 0 Å². The number of fused-ring (bicyclic) bond motifs is 1. The smallest absolute Gasteiger partial charge is 0.231 e. The Bertz CT molecular complexity index is 697. The number of nitrogens with one attached hydrogen (secondary N) is 1. The summed E-state index contributed by atoms with van der Waals surface area (Å²) in [5.74, 6) is -0.489. The van der Waals surface area contributed by atoms with Crippen molar-refractivity contribution in [1.29, 1.82) is 0 Å². The number of para-hydroxylation sites is 1. The maximum Gasteiger partial charge on any atom is 0.231 e. The van der Waals surface area contributed by atoms with Gasteiger partial charge in [0, 0.05) is 20.1 Å². The van der Waals surface area contributed by atoms with E-state index in [1.165, 1.54) is 11.3 Å². The van der Waals surface area contributed by atoms with Crippen LogP contribution in [-0.4, -0.2) is 48.0 Å². The molecule has 0 bridgehead atoms. The summed E-state index contributed by atoms with van der Waals surface area (Å²) >= 11 is 1.44. The van der Waals surface area contributed by atoms with Crippen LogP contribution in [0.3, 0.4) is 0 Å². The zero-order valence-corrected chi connectivity index (χ0v) is 13.9. The number of hydrogen-bond donors (Lipinski definition) is 1. The van der Waals surface area contributed by atoms with Crippen LogP contribution in [0.1, 0.15) is 13.3 Å². The summed E-state index contributed by atoms with van der Waals surface area (Å²) in [6.45, 7) is 2.83. The van der Waals surface area contributed by atoms with Crippen LogP contribution in [0.25, 0.3) is 10.2 Å². The quantitative estimate of drug-likeness (QED) is 0.910.